The van der Waals surface area contributed by atoms with Gasteiger partial charge < -0.3 is 5.73 Å². The molecule has 0 radical (unpaired) electrons. The minimum Gasteiger partial charge on any atom is -0.320 e. The van der Waals surface area contributed by atoms with Crippen LogP contribution in [0.3, 0.4) is 0 Å². The standard InChI is InChI=1S/C16H14FNS/c1-10-6-7-12(8-13(10)17)16(18)15-9-11-4-2-3-5-14(11)19-15/h2-9,16H,18H2,1H3. The number of fused-ring (bicyclic) bond motifs is 1. The van der Waals surface area contributed by atoms with Crippen molar-refractivity contribution in [1.29, 1.82) is 0 Å². The molecule has 3 heteroatoms. The van der Waals surface area contributed by atoms with Gasteiger partial charge in [-0.3, -0.25) is 0 Å². The summed E-state index contributed by atoms with van der Waals surface area (Å²) >= 11 is 1.66. The average molecular weight is 271 g/mol. The molecule has 0 aliphatic rings. The molecule has 0 saturated carbocycles. The van der Waals surface area contributed by atoms with E-state index in [1.54, 1.807) is 24.3 Å². The Morgan fingerprint density at radius 2 is 1.89 bits per heavy atom. The van der Waals surface area contributed by atoms with E-state index in [0.717, 1.165) is 10.4 Å². The lowest BCUT2D eigenvalue weighted by molar-refractivity contribution is 0.614. The van der Waals surface area contributed by atoms with Crippen molar-refractivity contribution in [3.63, 3.8) is 0 Å². The summed E-state index contributed by atoms with van der Waals surface area (Å²) in [6.45, 7) is 1.75. The Bertz CT molecular complexity index is 699. The van der Waals surface area contributed by atoms with Crippen LogP contribution in [0.4, 0.5) is 4.39 Å². The number of nitrogens with two attached hydrogens (primary N) is 1. The Balaban J connectivity index is 2.02. The summed E-state index contributed by atoms with van der Waals surface area (Å²) in [6, 6.07) is 15.2. The van der Waals surface area contributed by atoms with Crippen LogP contribution in [0, 0.1) is 12.7 Å². The molecule has 0 aliphatic heterocycles. The fraction of sp³-hybridized carbons (Fsp3) is 0.125. The average Bonchev–Trinajstić information content (AvgIpc) is 2.85. The molecule has 1 nitrogen and oxygen atoms in total. The highest BCUT2D eigenvalue weighted by molar-refractivity contribution is 7.19. The number of halogens is 1. The van der Waals surface area contributed by atoms with Crippen LogP contribution in [0.2, 0.25) is 0 Å². The Morgan fingerprint density at radius 1 is 1.11 bits per heavy atom. The van der Waals surface area contributed by atoms with Crippen LogP contribution >= 0.6 is 11.3 Å². The summed E-state index contributed by atoms with van der Waals surface area (Å²) in [6.07, 6.45) is 0. The van der Waals surface area contributed by atoms with Crippen molar-refractivity contribution < 1.29 is 4.39 Å². The van der Waals surface area contributed by atoms with Gasteiger partial charge in [0.25, 0.3) is 0 Å². The molecule has 1 atom stereocenters. The van der Waals surface area contributed by atoms with E-state index in [0.29, 0.717) is 5.56 Å². The van der Waals surface area contributed by atoms with Crippen LogP contribution < -0.4 is 5.73 Å². The molecule has 0 aliphatic carbocycles. The van der Waals surface area contributed by atoms with E-state index in [2.05, 4.69) is 18.2 Å². The van der Waals surface area contributed by atoms with Crippen molar-refractivity contribution in [2.24, 2.45) is 5.73 Å². The van der Waals surface area contributed by atoms with Crippen molar-refractivity contribution in [3.8, 4) is 0 Å². The summed E-state index contributed by atoms with van der Waals surface area (Å²) in [5.74, 6) is -0.200. The molecule has 1 unspecified atom stereocenters. The minimum absolute atomic E-state index is 0.200. The second kappa shape index (κ2) is 4.76. The molecule has 1 aromatic heterocycles. The lowest BCUT2D eigenvalue weighted by Gasteiger charge is -2.10. The molecule has 96 valence electrons. The van der Waals surface area contributed by atoms with E-state index < -0.39 is 0 Å². The van der Waals surface area contributed by atoms with Gasteiger partial charge >= 0.3 is 0 Å². The van der Waals surface area contributed by atoms with Crippen molar-refractivity contribution in [3.05, 3.63) is 70.4 Å². The lowest BCUT2D eigenvalue weighted by atomic mass is 10.0. The SMILES string of the molecule is Cc1ccc(C(N)c2cc3ccccc3s2)cc1F. The molecule has 19 heavy (non-hydrogen) atoms. The Kier molecular flexibility index (Phi) is 3.09. The third kappa shape index (κ3) is 2.27. The second-order valence-corrected chi connectivity index (χ2v) is 5.79. The van der Waals surface area contributed by atoms with Gasteiger partial charge in [-0.15, -0.1) is 11.3 Å². The smallest absolute Gasteiger partial charge is 0.126 e. The third-order valence-corrected chi connectivity index (χ3v) is 4.51. The molecule has 1 heterocycles. The highest BCUT2D eigenvalue weighted by Gasteiger charge is 2.13. The lowest BCUT2D eigenvalue weighted by Crippen LogP contribution is -2.10. The fourth-order valence-corrected chi connectivity index (χ4v) is 3.22. The minimum atomic E-state index is -0.271. The Hall–Kier alpha value is -1.71. The van der Waals surface area contributed by atoms with E-state index in [9.17, 15) is 4.39 Å². The van der Waals surface area contributed by atoms with Gasteiger partial charge in [0, 0.05) is 9.58 Å². The summed E-state index contributed by atoms with van der Waals surface area (Å²) in [7, 11) is 0. The number of rotatable bonds is 2. The van der Waals surface area contributed by atoms with Gasteiger partial charge in [-0.05, 0) is 41.6 Å². The maximum atomic E-state index is 13.6. The van der Waals surface area contributed by atoms with Gasteiger partial charge in [-0.25, -0.2) is 4.39 Å². The summed E-state index contributed by atoms with van der Waals surface area (Å²) in [5, 5.41) is 1.19. The van der Waals surface area contributed by atoms with Crippen LogP contribution in [0.15, 0.2) is 48.5 Å². The van der Waals surface area contributed by atoms with E-state index in [1.165, 1.54) is 16.2 Å². The highest BCUT2D eigenvalue weighted by Crippen LogP contribution is 2.32. The van der Waals surface area contributed by atoms with E-state index >= 15 is 0 Å². The first kappa shape index (κ1) is 12.3. The zero-order valence-electron chi connectivity index (χ0n) is 10.6. The predicted molar refractivity (Wildman–Crippen MR) is 79.0 cm³/mol. The molecule has 0 saturated heterocycles. The maximum absolute atomic E-state index is 13.6. The predicted octanol–water partition coefficient (Wildman–Crippen LogP) is 4.40. The van der Waals surface area contributed by atoms with Crippen LogP contribution in [0.5, 0.6) is 0 Å². The molecular weight excluding hydrogens is 257 g/mol. The Labute approximate surface area is 115 Å². The monoisotopic (exact) mass is 271 g/mol. The van der Waals surface area contributed by atoms with Crippen LogP contribution in [0.1, 0.15) is 22.0 Å². The number of benzene rings is 2. The first-order chi connectivity index (χ1) is 9.15. The van der Waals surface area contributed by atoms with Gasteiger partial charge in [-0.1, -0.05) is 30.3 Å². The number of aryl methyl sites for hydroxylation is 1. The largest absolute Gasteiger partial charge is 0.320 e. The molecule has 0 bridgehead atoms. The van der Waals surface area contributed by atoms with Gasteiger partial charge in [0.05, 0.1) is 6.04 Å². The number of thiophene rings is 1. The fourth-order valence-electron chi connectivity index (χ4n) is 2.12. The topological polar surface area (TPSA) is 26.0 Å². The summed E-state index contributed by atoms with van der Waals surface area (Å²) < 4.78 is 14.8. The second-order valence-electron chi connectivity index (χ2n) is 4.67. The van der Waals surface area contributed by atoms with Crippen LogP contribution in [-0.4, -0.2) is 0 Å². The van der Waals surface area contributed by atoms with Crippen molar-refractivity contribution in [2.45, 2.75) is 13.0 Å². The molecule has 2 N–H and O–H groups in total. The van der Waals surface area contributed by atoms with Gasteiger partial charge in [0.15, 0.2) is 0 Å². The first-order valence-corrected chi connectivity index (χ1v) is 6.97. The molecule has 3 rings (SSSR count). The van der Waals surface area contributed by atoms with Gasteiger partial charge in [0.1, 0.15) is 5.82 Å². The van der Waals surface area contributed by atoms with Crippen molar-refractivity contribution in [2.75, 3.05) is 0 Å². The van der Waals surface area contributed by atoms with E-state index in [-0.39, 0.29) is 11.9 Å². The van der Waals surface area contributed by atoms with Crippen LogP contribution in [-0.2, 0) is 0 Å². The number of hydrogen-bond donors (Lipinski definition) is 1. The van der Waals surface area contributed by atoms with E-state index in [1.807, 2.05) is 18.2 Å². The highest BCUT2D eigenvalue weighted by atomic mass is 32.1. The third-order valence-electron chi connectivity index (χ3n) is 3.31. The van der Waals surface area contributed by atoms with Gasteiger partial charge in [-0.2, -0.15) is 0 Å². The molecule has 0 amide bonds. The molecule has 0 fully saturated rings. The zero-order chi connectivity index (χ0) is 13.4. The van der Waals surface area contributed by atoms with Crippen LogP contribution in [0.25, 0.3) is 10.1 Å². The zero-order valence-corrected chi connectivity index (χ0v) is 11.4. The quantitative estimate of drug-likeness (QED) is 0.734. The maximum Gasteiger partial charge on any atom is 0.126 e. The molecular formula is C16H14FNS. The molecule has 3 aromatic rings. The summed E-state index contributed by atoms with van der Waals surface area (Å²) in [5.41, 5.74) is 7.70. The Morgan fingerprint density at radius 3 is 2.63 bits per heavy atom. The van der Waals surface area contributed by atoms with E-state index in [4.69, 9.17) is 5.73 Å². The molecule has 2 aromatic carbocycles. The first-order valence-electron chi connectivity index (χ1n) is 6.15. The van der Waals surface area contributed by atoms with Gasteiger partial charge in [0.2, 0.25) is 0 Å². The number of hydrogen-bond acceptors (Lipinski definition) is 2. The summed E-state index contributed by atoms with van der Waals surface area (Å²) in [4.78, 5) is 1.06. The normalized spacial score (nSPS) is 12.8. The van der Waals surface area contributed by atoms with Crippen molar-refractivity contribution >= 4 is 21.4 Å². The molecule has 0 spiro atoms. The van der Waals surface area contributed by atoms with Crippen molar-refractivity contribution in [1.82, 2.24) is 0 Å².